The van der Waals surface area contributed by atoms with Crippen molar-refractivity contribution < 1.29 is 19.0 Å². The van der Waals surface area contributed by atoms with E-state index >= 15 is 0 Å². The maximum atomic E-state index is 12.8. The summed E-state index contributed by atoms with van der Waals surface area (Å²) in [6.45, 7) is 7.05. The van der Waals surface area contributed by atoms with E-state index in [1.54, 1.807) is 18.6 Å². The molecule has 0 spiro atoms. The summed E-state index contributed by atoms with van der Waals surface area (Å²) in [5.41, 5.74) is 1.53. The van der Waals surface area contributed by atoms with Gasteiger partial charge in [0.2, 0.25) is 11.8 Å². The number of carbonyl (C=O) groups is 1. The molecule has 0 bridgehead atoms. The third kappa shape index (κ3) is 6.47. The second-order valence-corrected chi connectivity index (χ2v) is 8.39. The molecule has 0 atom stereocenters. The maximum Gasteiger partial charge on any atom is 0.324 e. The van der Waals surface area contributed by atoms with Crippen LogP contribution < -0.4 is 20.3 Å². The molecule has 2 aromatic heterocycles. The van der Waals surface area contributed by atoms with Gasteiger partial charge in [0.25, 0.3) is 0 Å². The van der Waals surface area contributed by atoms with E-state index in [1.807, 2.05) is 39.9 Å². The number of imidazole rings is 1. The van der Waals surface area contributed by atoms with Crippen LogP contribution >= 0.6 is 0 Å². The summed E-state index contributed by atoms with van der Waals surface area (Å²) in [5.74, 6) is 1.27. The van der Waals surface area contributed by atoms with E-state index in [4.69, 9.17) is 14.2 Å². The highest BCUT2D eigenvalue weighted by atomic mass is 16.5. The van der Waals surface area contributed by atoms with E-state index in [1.165, 1.54) is 0 Å². The number of hydrogen-bond acceptors (Lipinski definition) is 9. The van der Waals surface area contributed by atoms with Crippen molar-refractivity contribution in [2.45, 2.75) is 0 Å². The number of carbonyl (C=O) groups excluding carboxylic acids is 1. The quantitative estimate of drug-likeness (QED) is 0.484. The van der Waals surface area contributed by atoms with Gasteiger partial charge in [0, 0.05) is 62.6 Å². The molecule has 0 aliphatic carbocycles. The van der Waals surface area contributed by atoms with Crippen molar-refractivity contribution in [1.29, 1.82) is 0 Å². The number of rotatable bonds is 8. The normalized spacial score (nSPS) is 16.5. The number of hydrogen-bond donors (Lipinski definition) is 2. The van der Waals surface area contributed by atoms with Gasteiger partial charge in [0.05, 0.1) is 32.8 Å². The van der Waals surface area contributed by atoms with Crippen LogP contribution in [0.3, 0.4) is 0 Å². The van der Waals surface area contributed by atoms with Crippen LogP contribution in [0, 0.1) is 0 Å². The zero-order chi connectivity index (χ0) is 24.6. The molecule has 12 nitrogen and oxygen atoms in total. The first kappa shape index (κ1) is 24.0. The first-order valence-corrected chi connectivity index (χ1v) is 12.0. The Morgan fingerprint density at radius 1 is 1.00 bits per heavy atom. The van der Waals surface area contributed by atoms with Gasteiger partial charge in [0.1, 0.15) is 12.4 Å². The summed E-state index contributed by atoms with van der Waals surface area (Å²) in [6, 6.07) is 8.71. The van der Waals surface area contributed by atoms with Gasteiger partial charge < -0.3 is 29.0 Å². The molecule has 2 amide bonds. The zero-order valence-electron chi connectivity index (χ0n) is 20.0. The summed E-state index contributed by atoms with van der Waals surface area (Å²) in [5, 5.41) is 5.68. The molecule has 36 heavy (non-hydrogen) atoms. The van der Waals surface area contributed by atoms with Crippen LogP contribution in [0.25, 0.3) is 5.69 Å². The molecule has 0 saturated carbocycles. The van der Waals surface area contributed by atoms with Crippen LogP contribution in [0.15, 0.2) is 49.1 Å². The van der Waals surface area contributed by atoms with E-state index in [-0.39, 0.29) is 0 Å². The minimum atomic E-state index is -0.413. The average molecular weight is 495 g/mol. The largest absolute Gasteiger partial charge is 0.476 e. The molecule has 0 unspecified atom stereocenters. The third-order valence-corrected chi connectivity index (χ3v) is 5.89. The van der Waals surface area contributed by atoms with Crippen molar-refractivity contribution in [3.8, 4) is 11.6 Å². The molecule has 2 fully saturated rings. The Hall–Kier alpha value is -3.74. The lowest BCUT2D eigenvalue weighted by atomic mass is 10.3. The number of amides is 2. The van der Waals surface area contributed by atoms with Crippen molar-refractivity contribution >= 4 is 23.5 Å². The van der Waals surface area contributed by atoms with Crippen molar-refractivity contribution in [1.82, 2.24) is 24.4 Å². The number of morpholine rings is 2. The summed E-state index contributed by atoms with van der Waals surface area (Å²) in [7, 11) is 0. The first-order valence-electron chi connectivity index (χ1n) is 12.0. The van der Waals surface area contributed by atoms with Gasteiger partial charge >= 0.3 is 6.03 Å². The molecular weight excluding hydrogens is 464 g/mol. The lowest BCUT2D eigenvalue weighted by Crippen LogP contribution is -2.39. The minimum absolute atomic E-state index is 0.358. The number of benzene rings is 1. The summed E-state index contributed by atoms with van der Waals surface area (Å²) in [4.78, 5) is 30.3. The van der Waals surface area contributed by atoms with Crippen LogP contribution in [0.4, 0.5) is 22.2 Å². The van der Waals surface area contributed by atoms with E-state index in [2.05, 4.69) is 30.5 Å². The molecule has 3 aromatic rings. The van der Waals surface area contributed by atoms with Crippen LogP contribution in [0.1, 0.15) is 0 Å². The third-order valence-electron chi connectivity index (χ3n) is 5.89. The van der Waals surface area contributed by atoms with Crippen LogP contribution in [-0.4, -0.2) is 96.2 Å². The molecule has 2 aliphatic heterocycles. The first-order chi connectivity index (χ1) is 17.7. The van der Waals surface area contributed by atoms with E-state index in [0.29, 0.717) is 56.2 Å². The second kappa shape index (κ2) is 11.8. The molecule has 2 aliphatic rings. The highest BCUT2D eigenvalue weighted by molar-refractivity contribution is 5.99. The molecule has 1 aromatic carbocycles. The van der Waals surface area contributed by atoms with E-state index in [0.717, 1.165) is 38.5 Å². The van der Waals surface area contributed by atoms with Gasteiger partial charge in [-0.2, -0.15) is 9.97 Å². The standard InChI is InChI=1S/C24H30N8O4/c33-24(26-19-2-1-3-20(16-19)32-5-4-25-18-32)28-21-17-22(36-15-8-30-6-11-34-12-7-30)29-23(27-21)31-9-13-35-14-10-31/h1-5,16-18H,6-15H2,(H2,26,27,28,29,33). The molecule has 5 rings (SSSR count). The van der Waals surface area contributed by atoms with Gasteiger partial charge in [-0.1, -0.05) is 6.07 Å². The summed E-state index contributed by atoms with van der Waals surface area (Å²) < 4.78 is 18.7. The number of aromatic nitrogens is 4. The molecule has 0 radical (unpaired) electrons. The Bertz CT molecular complexity index is 1130. The van der Waals surface area contributed by atoms with Crippen molar-refractivity contribution in [3.05, 3.63) is 49.1 Å². The van der Waals surface area contributed by atoms with Gasteiger partial charge in [-0.05, 0) is 18.2 Å². The Morgan fingerprint density at radius 3 is 2.58 bits per heavy atom. The number of anilines is 3. The molecule has 4 heterocycles. The van der Waals surface area contributed by atoms with Crippen molar-refractivity contribution in [2.24, 2.45) is 0 Å². The highest BCUT2D eigenvalue weighted by Crippen LogP contribution is 2.21. The number of urea groups is 1. The second-order valence-electron chi connectivity index (χ2n) is 8.39. The number of nitrogens with zero attached hydrogens (tertiary/aromatic N) is 6. The van der Waals surface area contributed by atoms with E-state index in [9.17, 15) is 4.79 Å². The van der Waals surface area contributed by atoms with Gasteiger partial charge in [-0.3, -0.25) is 10.2 Å². The van der Waals surface area contributed by atoms with Crippen LogP contribution in [0.2, 0.25) is 0 Å². The maximum absolute atomic E-state index is 12.8. The fraction of sp³-hybridized carbons (Fsp3) is 0.417. The SMILES string of the molecule is O=C(Nc1cccc(-n2ccnc2)c1)Nc1cc(OCCN2CCOCC2)nc(N2CCOCC2)n1. The zero-order valence-corrected chi connectivity index (χ0v) is 20.0. The van der Waals surface area contributed by atoms with Gasteiger partial charge in [-0.25, -0.2) is 9.78 Å². The topological polar surface area (TPSA) is 119 Å². The monoisotopic (exact) mass is 494 g/mol. The Kier molecular flexibility index (Phi) is 7.86. The smallest absolute Gasteiger partial charge is 0.324 e. The van der Waals surface area contributed by atoms with Gasteiger partial charge in [-0.15, -0.1) is 0 Å². The lowest BCUT2D eigenvalue weighted by Gasteiger charge is -2.28. The Morgan fingerprint density at radius 2 is 1.81 bits per heavy atom. The molecular formula is C24H30N8O4. The van der Waals surface area contributed by atoms with Crippen molar-refractivity contribution in [3.63, 3.8) is 0 Å². The predicted molar refractivity (Wildman–Crippen MR) is 134 cm³/mol. The average Bonchev–Trinajstić information content (AvgIpc) is 3.45. The molecule has 190 valence electrons. The highest BCUT2D eigenvalue weighted by Gasteiger charge is 2.18. The van der Waals surface area contributed by atoms with E-state index < -0.39 is 6.03 Å². The fourth-order valence-corrected chi connectivity index (χ4v) is 3.99. The fourth-order valence-electron chi connectivity index (χ4n) is 3.99. The number of nitrogens with one attached hydrogen (secondary N) is 2. The lowest BCUT2D eigenvalue weighted by molar-refractivity contribution is 0.0320. The molecule has 2 N–H and O–H groups in total. The summed E-state index contributed by atoms with van der Waals surface area (Å²) in [6.07, 6.45) is 5.25. The van der Waals surface area contributed by atoms with Crippen LogP contribution in [-0.2, 0) is 9.47 Å². The molecule has 2 saturated heterocycles. The Labute approximate surface area is 209 Å². The molecule has 12 heteroatoms. The summed E-state index contributed by atoms with van der Waals surface area (Å²) >= 11 is 0. The van der Waals surface area contributed by atoms with Crippen molar-refractivity contribution in [2.75, 3.05) is 81.3 Å². The Balaban J connectivity index is 1.26. The van der Waals surface area contributed by atoms with Crippen LogP contribution in [0.5, 0.6) is 5.88 Å². The van der Waals surface area contributed by atoms with Gasteiger partial charge in [0.15, 0.2) is 0 Å². The predicted octanol–water partition coefficient (Wildman–Crippen LogP) is 1.85. The minimum Gasteiger partial charge on any atom is -0.476 e. The number of ether oxygens (including phenoxy) is 3.